The number of hydrogen-bond acceptors (Lipinski definition) is 5. The van der Waals surface area contributed by atoms with Gasteiger partial charge in [-0.1, -0.05) is 48.9 Å². The molecule has 8 nitrogen and oxygen atoms in total. The number of aryl methyl sites for hydroxylation is 1. The normalized spacial score (nSPS) is 15.1. The van der Waals surface area contributed by atoms with Crippen LogP contribution >= 0.6 is 0 Å². The molecule has 1 aliphatic heterocycles. The summed E-state index contributed by atoms with van der Waals surface area (Å²) in [4.78, 5) is 39.8. The van der Waals surface area contributed by atoms with Crippen LogP contribution in [0.4, 0.5) is 0 Å². The minimum absolute atomic E-state index is 0.0497. The largest absolute Gasteiger partial charge is 0.354 e. The molecule has 176 valence electrons. The lowest BCUT2D eigenvalue weighted by Gasteiger charge is -2.29. The second-order valence-electron chi connectivity index (χ2n) is 8.11. The summed E-state index contributed by atoms with van der Waals surface area (Å²) in [6.07, 6.45) is 0.538. The van der Waals surface area contributed by atoms with Crippen molar-refractivity contribution in [3.8, 4) is 0 Å². The van der Waals surface area contributed by atoms with Gasteiger partial charge in [0.1, 0.15) is 10.9 Å². The quantitative estimate of drug-likeness (QED) is 0.605. The highest BCUT2D eigenvalue weighted by Crippen LogP contribution is 2.30. The molecule has 0 fully saturated rings. The molecule has 9 heteroatoms. The van der Waals surface area contributed by atoms with E-state index >= 15 is 0 Å². The van der Waals surface area contributed by atoms with E-state index in [9.17, 15) is 22.8 Å². The van der Waals surface area contributed by atoms with Crippen molar-refractivity contribution in [2.75, 3.05) is 13.1 Å². The molecular formula is C24H29N3O5S. The molecule has 1 N–H and O–H groups in total. The predicted octanol–water partition coefficient (Wildman–Crippen LogP) is 2.47. The van der Waals surface area contributed by atoms with Gasteiger partial charge in [-0.05, 0) is 38.0 Å². The Hall–Kier alpha value is -3.20. The first-order chi connectivity index (χ1) is 15.7. The van der Waals surface area contributed by atoms with E-state index in [1.165, 1.54) is 17.0 Å². The lowest BCUT2D eigenvalue weighted by atomic mass is 10.1. The van der Waals surface area contributed by atoms with Crippen molar-refractivity contribution in [2.24, 2.45) is 0 Å². The first-order valence-electron chi connectivity index (χ1n) is 11.0. The third kappa shape index (κ3) is 5.24. The molecule has 0 aliphatic carbocycles. The van der Waals surface area contributed by atoms with Crippen molar-refractivity contribution in [1.82, 2.24) is 14.5 Å². The highest BCUT2D eigenvalue weighted by Gasteiger charge is 2.41. The summed E-state index contributed by atoms with van der Waals surface area (Å²) >= 11 is 0. The molecule has 0 aromatic heterocycles. The summed E-state index contributed by atoms with van der Waals surface area (Å²) < 4.78 is 26.3. The molecule has 1 aliphatic rings. The van der Waals surface area contributed by atoms with Gasteiger partial charge < -0.3 is 10.2 Å². The van der Waals surface area contributed by atoms with E-state index in [0.717, 1.165) is 21.9 Å². The minimum atomic E-state index is -4.00. The first-order valence-corrected chi connectivity index (χ1v) is 12.4. The number of hydrogen-bond donors (Lipinski definition) is 1. The van der Waals surface area contributed by atoms with Gasteiger partial charge in [0.05, 0.1) is 5.56 Å². The van der Waals surface area contributed by atoms with Crippen molar-refractivity contribution >= 4 is 27.7 Å². The van der Waals surface area contributed by atoms with Crippen LogP contribution in [0.25, 0.3) is 0 Å². The fourth-order valence-corrected chi connectivity index (χ4v) is 5.35. The molecule has 3 rings (SSSR count). The Morgan fingerprint density at radius 2 is 1.85 bits per heavy atom. The number of carbonyl (C=O) groups is 3. The number of nitrogens with one attached hydrogen (secondary N) is 1. The van der Waals surface area contributed by atoms with Crippen LogP contribution in [0.3, 0.4) is 0 Å². The number of sulfonamides is 1. The third-order valence-electron chi connectivity index (χ3n) is 5.59. The van der Waals surface area contributed by atoms with Gasteiger partial charge in [-0.2, -0.15) is 0 Å². The molecule has 0 saturated carbocycles. The zero-order chi connectivity index (χ0) is 24.2. The number of nitrogens with zero attached hydrogens (tertiary/aromatic N) is 2. The van der Waals surface area contributed by atoms with E-state index in [4.69, 9.17) is 0 Å². The Morgan fingerprint density at radius 3 is 2.52 bits per heavy atom. The van der Waals surface area contributed by atoms with Crippen LogP contribution in [-0.4, -0.2) is 54.5 Å². The maximum Gasteiger partial charge on any atom is 0.269 e. The van der Waals surface area contributed by atoms with E-state index in [1.54, 1.807) is 19.1 Å². The fourth-order valence-electron chi connectivity index (χ4n) is 3.78. The monoisotopic (exact) mass is 471 g/mol. The maximum absolute atomic E-state index is 13.2. The average Bonchev–Trinajstić information content (AvgIpc) is 2.99. The van der Waals surface area contributed by atoms with Gasteiger partial charge in [0.15, 0.2) is 0 Å². The summed E-state index contributed by atoms with van der Waals surface area (Å²) in [5.74, 6) is -1.33. The Balaban J connectivity index is 1.78. The Kier molecular flexibility index (Phi) is 7.53. The smallest absolute Gasteiger partial charge is 0.269 e. The van der Waals surface area contributed by atoms with Gasteiger partial charge in [0, 0.05) is 26.1 Å². The highest BCUT2D eigenvalue weighted by molar-refractivity contribution is 7.90. The van der Waals surface area contributed by atoms with Crippen molar-refractivity contribution in [3.63, 3.8) is 0 Å². The number of rotatable bonds is 9. The number of amides is 3. The third-order valence-corrected chi connectivity index (χ3v) is 7.43. The SMILES string of the molecule is CCCNC(=O)[C@@H](C)N(Cc1cccc(C)c1)C(=O)CCN1C(=O)c2ccccc2S1(=O)=O. The Labute approximate surface area is 194 Å². The molecule has 33 heavy (non-hydrogen) atoms. The van der Waals surface area contributed by atoms with E-state index < -0.39 is 27.9 Å². The summed E-state index contributed by atoms with van der Waals surface area (Å²) in [5.41, 5.74) is 1.99. The zero-order valence-corrected chi connectivity index (χ0v) is 19.9. The summed E-state index contributed by atoms with van der Waals surface area (Å²) in [7, 11) is -4.00. The van der Waals surface area contributed by atoms with Gasteiger partial charge in [-0.25, -0.2) is 12.7 Å². The maximum atomic E-state index is 13.2. The topological polar surface area (TPSA) is 104 Å². The number of carbonyl (C=O) groups excluding carboxylic acids is 3. The van der Waals surface area contributed by atoms with Crippen LogP contribution in [-0.2, 0) is 26.2 Å². The van der Waals surface area contributed by atoms with Gasteiger partial charge in [-0.15, -0.1) is 0 Å². The molecule has 0 saturated heterocycles. The molecule has 0 spiro atoms. The van der Waals surface area contributed by atoms with Gasteiger partial charge >= 0.3 is 0 Å². The molecule has 2 aromatic rings. The van der Waals surface area contributed by atoms with E-state index in [1.807, 2.05) is 38.1 Å². The predicted molar refractivity (Wildman–Crippen MR) is 124 cm³/mol. The van der Waals surface area contributed by atoms with Crippen molar-refractivity contribution in [1.29, 1.82) is 0 Å². The highest BCUT2D eigenvalue weighted by atomic mass is 32.2. The average molecular weight is 472 g/mol. The van der Waals surface area contributed by atoms with Crippen LogP contribution in [0, 0.1) is 6.92 Å². The van der Waals surface area contributed by atoms with Crippen molar-refractivity contribution < 1.29 is 22.8 Å². The van der Waals surface area contributed by atoms with Gasteiger partial charge in [0.25, 0.3) is 15.9 Å². The summed E-state index contributed by atoms with van der Waals surface area (Å²) in [6, 6.07) is 12.9. The molecule has 2 aromatic carbocycles. The van der Waals surface area contributed by atoms with E-state index in [2.05, 4.69) is 5.32 Å². The Bertz CT molecular complexity index is 1160. The van der Waals surface area contributed by atoms with Crippen LogP contribution in [0.15, 0.2) is 53.4 Å². The van der Waals surface area contributed by atoms with Gasteiger partial charge in [0.2, 0.25) is 11.8 Å². The van der Waals surface area contributed by atoms with Crippen LogP contribution in [0.5, 0.6) is 0 Å². The van der Waals surface area contributed by atoms with Crippen LogP contribution in [0.2, 0.25) is 0 Å². The second-order valence-corrected chi connectivity index (χ2v) is 9.94. The molecule has 1 heterocycles. The molecule has 0 radical (unpaired) electrons. The standard InChI is InChI=1S/C24H29N3O5S/c1-4-13-25-23(29)18(3)26(16-19-9-7-8-17(2)15-19)22(28)12-14-27-24(30)20-10-5-6-11-21(20)33(27,31)32/h5-11,15,18H,4,12-14,16H2,1-3H3,(H,25,29)/t18-/m1/s1. The Morgan fingerprint density at radius 1 is 1.12 bits per heavy atom. The molecule has 3 amide bonds. The van der Waals surface area contributed by atoms with E-state index in [-0.39, 0.29) is 35.9 Å². The van der Waals surface area contributed by atoms with E-state index in [0.29, 0.717) is 6.54 Å². The number of fused-ring (bicyclic) bond motifs is 1. The fraction of sp³-hybridized carbons (Fsp3) is 0.375. The molecule has 0 unspecified atom stereocenters. The molecular weight excluding hydrogens is 442 g/mol. The molecule has 1 atom stereocenters. The first kappa shape index (κ1) is 24.4. The summed E-state index contributed by atoms with van der Waals surface area (Å²) in [6.45, 7) is 5.92. The van der Waals surface area contributed by atoms with Crippen LogP contribution < -0.4 is 5.32 Å². The lowest BCUT2D eigenvalue weighted by molar-refractivity contribution is -0.140. The molecule has 0 bridgehead atoms. The minimum Gasteiger partial charge on any atom is -0.354 e. The number of benzene rings is 2. The van der Waals surface area contributed by atoms with Crippen LogP contribution in [0.1, 0.15) is 48.2 Å². The van der Waals surface area contributed by atoms with Crippen molar-refractivity contribution in [3.05, 3.63) is 65.2 Å². The summed E-state index contributed by atoms with van der Waals surface area (Å²) in [5, 5.41) is 2.80. The van der Waals surface area contributed by atoms with Crippen molar-refractivity contribution in [2.45, 2.75) is 51.1 Å². The second kappa shape index (κ2) is 10.2. The van der Waals surface area contributed by atoms with Gasteiger partial charge in [-0.3, -0.25) is 14.4 Å². The lowest BCUT2D eigenvalue weighted by Crippen LogP contribution is -2.48. The zero-order valence-electron chi connectivity index (χ0n) is 19.1.